The Morgan fingerprint density at radius 3 is 2.67 bits per heavy atom. The monoisotopic (exact) mass is 248 g/mol. The van der Waals surface area contributed by atoms with E-state index >= 15 is 0 Å². The van der Waals surface area contributed by atoms with Crippen LogP contribution in [0.25, 0.3) is 11.2 Å². The first-order valence-electron chi connectivity index (χ1n) is 6.06. The quantitative estimate of drug-likeness (QED) is 0.726. The summed E-state index contributed by atoms with van der Waals surface area (Å²) in [6.07, 6.45) is 1.94. The van der Waals surface area contributed by atoms with Crippen LogP contribution in [0.15, 0.2) is 6.33 Å². The standard InChI is InChI=1S/C11H16N6O/c1-7-4-17(5-8(2)18-7)11-9-10(12-6-13-11)16(3)15-14-9/h6-8H,4-5H2,1-3H3/t7-,8+. The van der Waals surface area contributed by atoms with Gasteiger partial charge in [0.25, 0.3) is 0 Å². The number of rotatable bonds is 1. The third-order valence-electron chi connectivity index (χ3n) is 3.09. The Hall–Kier alpha value is -1.76. The molecular formula is C11H16N6O. The Labute approximate surface area is 105 Å². The molecule has 18 heavy (non-hydrogen) atoms. The van der Waals surface area contributed by atoms with E-state index in [1.54, 1.807) is 11.0 Å². The summed E-state index contributed by atoms with van der Waals surface area (Å²) in [6.45, 7) is 5.76. The minimum absolute atomic E-state index is 0.190. The van der Waals surface area contributed by atoms with Gasteiger partial charge in [-0.05, 0) is 13.8 Å². The van der Waals surface area contributed by atoms with Crippen LogP contribution in [0, 0.1) is 0 Å². The van der Waals surface area contributed by atoms with E-state index in [1.165, 1.54) is 0 Å². The summed E-state index contributed by atoms with van der Waals surface area (Å²) in [4.78, 5) is 10.8. The van der Waals surface area contributed by atoms with Crippen LogP contribution in [-0.2, 0) is 11.8 Å². The van der Waals surface area contributed by atoms with Crippen LogP contribution in [0.2, 0.25) is 0 Å². The molecule has 96 valence electrons. The van der Waals surface area contributed by atoms with E-state index in [-0.39, 0.29) is 12.2 Å². The maximum absolute atomic E-state index is 5.73. The van der Waals surface area contributed by atoms with E-state index in [0.717, 1.165) is 30.1 Å². The molecule has 3 rings (SSSR count). The van der Waals surface area contributed by atoms with Crippen LogP contribution >= 0.6 is 0 Å². The molecule has 1 fully saturated rings. The molecule has 0 unspecified atom stereocenters. The minimum Gasteiger partial charge on any atom is -0.372 e. The molecule has 0 N–H and O–H groups in total. The van der Waals surface area contributed by atoms with Crippen LogP contribution in [0.1, 0.15) is 13.8 Å². The smallest absolute Gasteiger partial charge is 0.183 e. The Balaban J connectivity index is 2.03. The average molecular weight is 248 g/mol. The first-order chi connectivity index (χ1) is 8.65. The number of aryl methyl sites for hydroxylation is 1. The SMILES string of the molecule is C[C@@H]1CN(c2ncnc3c2nnn3C)C[C@H](C)O1. The normalized spacial score (nSPS) is 24.7. The summed E-state index contributed by atoms with van der Waals surface area (Å²) in [5.41, 5.74) is 1.51. The highest BCUT2D eigenvalue weighted by molar-refractivity contribution is 5.82. The summed E-state index contributed by atoms with van der Waals surface area (Å²) < 4.78 is 7.39. The van der Waals surface area contributed by atoms with E-state index in [9.17, 15) is 0 Å². The van der Waals surface area contributed by atoms with Crippen molar-refractivity contribution in [3.8, 4) is 0 Å². The summed E-state index contributed by atoms with van der Waals surface area (Å²) in [7, 11) is 1.83. The van der Waals surface area contributed by atoms with Gasteiger partial charge in [-0.3, -0.25) is 0 Å². The van der Waals surface area contributed by atoms with Gasteiger partial charge in [-0.25, -0.2) is 14.6 Å². The van der Waals surface area contributed by atoms with E-state index in [2.05, 4.69) is 39.0 Å². The molecule has 0 saturated carbocycles. The van der Waals surface area contributed by atoms with Crippen molar-refractivity contribution in [1.82, 2.24) is 25.0 Å². The number of ether oxygens (including phenoxy) is 1. The van der Waals surface area contributed by atoms with Crippen molar-refractivity contribution >= 4 is 17.0 Å². The molecule has 1 aliphatic rings. The number of morpholine rings is 1. The number of anilines is 1. The molecule has 1 aliphatic heterocycles. The third kappa shape index (κ3) is 1.80. The van der Waals surface area contributed by atoms with Crippen LogP contribution in [-0.4, -0.2) is 50.3 Å². The lowest BCUT2D eigenvalue weighted by Gasteiger charge is -2.35. The zero-order valence-corrected chi connectivity index (χ0v) is 10.7. The van der Waals surface area contributed by atoms with Gasteiger partial charge in [0, 0.05) is 20.1 Å². The van der Waals surface area contributed by atoms with Gasteiger partial charge in [0.05, 0.1) is 12.2 Å². The fourth-order valence-corrected chi connectivity index (χ4v) is 2.42. The molecule has 2 atom stereocenters. The second kappa shape index (κ2) is 4.16. The predicted octanol–water partition coefficient (Wildman–Crippen LogP) is 0.372. The number of fused-ring (bicyclic) bond motifs is 1. The summed E-state index contributed by atoms with van der Waals surface area (Å²) in [5.74, 6) is 0.843. The van der Waals surface area contributed by atoms with Crippen molar-refractivity contribution in [2.24, 2.45) is 7.05 Å². The maximum atomic E-state index is 5.73. The van der Waals surface area contributed by atoms with Gasteiger partial charge >= 0.3 is 0 Å². The highest BCUT2D eigenvalue weighted by atomic mass is 16.5. The van der Waals surface area contributed by atoms with Gasteiger partial charge in [-0.2, -0.15) is 0 Å². The first kappa shape index (κ1) is 11.3. The third-order valence-corrected chi connectivity index (χ3v) is 3.09. The molecule has 7 heteroatoms. The van der Waals surface area contributed by atoms with Crippen LogP contribution in [0.3, 0.4) is 0 Å². The van der Waals surface area contributed by atoms with E-state index in [0.29, 0.717) is 0 Å². The van der Waals surface area contributed by atoms with Gasteiger partial charge in [0.1, 0.15) is 6.33 Å². The Bertz CT molecular complexity index is 558. The van der Waals surface area contributed by atoms with Crippen molar-refractivity contribution in [3.05, 3.63) is 6.33 Å². The van der Waals surface area contributed by atoms with Crippen molar-refractivity contribution in [2.75, 3.05) is 18.0 Å². The fourth-order valence-electron chi connectivity index (χ4n) is 2.42. The zero-order chi connectivity index (χ0) is 12.7. The molecule has 0 aromatic carbocycles. The van der Waals surface area contributed by atoms with E-state index < -0.39 is 0 Å². The van der Waals surface area contributed by atoms with Crippen LogP contribution in [0.5, 0.6) is 0 Å². The predicted molar refractivity (Wildman–Crippen MR) is 66.3 cm³/mol. The highest BCUT2D eigenvalue weighted by Gasteiger charge is 2.25. The largest absolute Gasteiger partial charge is 0.372 e. The van der Waals surface area contributed by atoms with Crippen molar-refractivity contribution in [2.45, 2.75) is 26.1 Å². The van der Waals surface area contributed by atoms with Gasteiger partial charge in [-0.1, -0.05) is 5.21 Å². The molecular weight excluding hydrogens is 232 g/mol. The molecule has 0 amide bonds. The molecule has 2 aromatic heterocycles. The summed E-state index contributed by atoms with van der Waals surface area (Å²) >= 11 is 0. The van der Waals surface area contributed by atoms with Crippen LogP contribution in [0.4, 0.5) is 5.82 Å². The molecule has 2 aromatic rings. The molecule has 0 spiro atoms. The number of nitrogens with zero attached hydrogens (tertiary/aromatic N) is 6. The lowest BCUT2D eigenvalue weighted by molar-refractivity contribution is -0.00538. The van der Waals surface area contributed by atoms with Crippen molar-refractivity contribution in [1.29, 1.82) is 0 Å². The average Bonchev–Trinajstić information content (AvgIpc) is 2.70. The Kier molecular flexibility index (Phi) is 2.62. The van der Waals surface area contributed by atoms with Gasteiger partial charge in [0.2, 0.25) is 0 Å². The first-order valence-corrected chi connectivity index (χ1v) is 6.06. The zero-order valence-electron chi connectivity index (χ0n) is 10.7. The lowest BCUT2D eigenvalue weighted by atomic mass is 10.2. The highest BCUT2D eigenvalue weighted by Crippen LogP contribution is 2.23. The van der Waals surface area contributed by atoms with Gasteiger partial charge < -0.3 is 9.64 Å². The number of aromatic nitrogens is 5. The minimum atomic E-state index is 0.190. The topological polar surface area (TPSA) is 69.0 Å². The molecule has 0 radical (unpaired) electrons. The van der Waals surface area contributed by atoms with Crippen molar-refractivity contribution in [3.63, 3.8) is 0 Å². The second-order valence-corrected chi connectivity index (χ2v) is 4.74. The summed E-state index contributed by atoms with van der Waals surface area (Å²) in [5, 5.41) is 8.14. The second-order valence-electron chi connectivity index (χ2n) is 4.74. The van der Waals surface area contributed by atoms with Crippen molar-refractivity contribution < 1.29 is 4.74 Å². The molecule has 1 saturated heterocycles. The molecule has 0 aliphatic carbocycles. The van der Waals surface area contributed by atoms with E-state index in [1.807, 2.05) is 7.05 Å². The Morgan fingerprint density at radius 1 is 1.22 bits per heavy atom. The molecule has 0 bridgehead atoms. The summed E-state index contributed by atoms with van der Waals surface area (Å²) in [6, 6.07) is 0. The fraction of sp³-hybridized carbons (Fsp3) is 0.636. The lowest BCUT2D eigenvalue weighted by Crippen LogP contribution is -2.46. The number of hydrogen-bond acceptors (Lipinski definition) is 6. The Morgan fingerprint density at radius 2 is 1.94 bits per heavy atom. The maximum Gasteiger partial charge on any atom is 0.183 e. The van der Waals surface area contributed by atoms with E-state index in [4.69, 9.17) is 4.74 Å². The molecule has 7 nitrogen and oxygen atoms in total. The molecule has 3 heterocycles. The van der Waals surface area contributed by atoms with Crippen LogP contribution < -0.4 is 4.90 Å². The van der Waals surface area contributed by atoms with Gasteiger partial charge in [-0.15, -0.1) is 5.10 Å². The van der Waals surface area contributed by atoms with Gasteiger partial charge in [0.15, 0.2) is 17.0 Å². The number of hydrogen-bond donors (Lipinski definition) is 0.